The van der Waals surface area contributed by atoms with Gasteiger partial charge in [0.05, 0.1) is 21.7 Å². The monoisotopic (exact) mass is 451 g/mol. The van der Waals surface area contributed by atoms with E-state index in [1.807, 2.05) is 49.4 Å². The number of hydrogen-bond donors (Lipinski definition) is 0. The molecular formula is C28H21NO3S. The number of nitrogens with zero attached hydrogens (tertiary/aromatic N) is 1. The quantitative estimate of drug-likeness (QED) is 0.304. The highest BCUT2D eigenvalue weighted by Gasteiger charge is 2.30. The van der Waals surface area contributed by atoms with Gasteiger partial charge in [-0.2, -0.15) is 0 Å². The first-order valence-corrected chi connectivity index (χ1v) is 12.0. The average molecular weight is 452 g/mol. The molecule has 0 amide bonds. The molecule has 0 aliphatic heterocycles. The van der Waals surface area contributed by atoms with Gasteiger partial charge in [0.2, 0.25) is 0 Å². The lowest BCUT2D eigenvalue weighted by molar-refractivity contribution is 0.104. The highest BCUT2D eigenvalue weighted by molar-refractivity contribution is 7.90. The van der Waals surface area contributed by atoms with Crippen LogP contribution < -0.4 is 0 Å². The zero-order chi connectivity index (χ0) is 23.0. The summed E-state index contributed by atoms with van der Waals surface area (Å²) in [5, 5.41) is 0.598. The average Bonchev–Trinajstić information content (AvgIpc) is 3.21. The van der Waals surface area contributed by atoms with Crippen LogP contribution in [0.2, 0.25) is 0 Å². The number of hydrogen-bond acceptors (Lipinski definition) is 3. The molecule has 0 aliphatic rings. The predicted molar refractivity (Wildman–Crippen MR) is 131 cm³/mol. The Morgan fingerprint density at radius 3 is 1.94 bits per heavy atom. The second kappa shape index (κ2) is 8.19. The predicted octanol–water partition coefficient (Wildman–Crippen LogP) is 6.08. The van der Waals surface area contributed by atoms with Crippen molar-refractivity contribution in [3.05, 3.63) is 126 Å². The highest BCUT2D eigenvalue weighted by atomic mass is 32.2. The van der Waals surface area contributed by atoms with Crippen molar-refractivity contribution in [2.75, 3.05) is 0 Å². The highest BCUT2D eigenvalue weighted by Crippen LogP contribution is 2.38. The minimum Gasteiger partial charge on any atom is -0.289 e. The lowest BCUT2D eigenvalue weighted by Crippen LogP contribution is -2.15. The van der Waals surface area contributed by atoms with Gasteiger partial charge in [0.1, 0.15) is 0 Å². The second-order valence-corrected chi connectivity index (χ2v) is 9.67. The van der Waals surface area contributed by atoms with Crippen molar-refractivity contribution in [2.45, 2.75) is 11.8 Å². The summed E-state index contributed by atoms with van der Waals surface area (Å²) in [6.45, 7) is 1.91. The number of carbonyl (C=O) groups excluding carboxylic acids is 1. The number of fused-ring (bicyclic) bond motifs is 1. The molecule has 0 saturated carbocycles. The first kappa shape index (κ1) is 20.9. The smallest absolute Gasteiger partial charge is 0.268 e. The van der Waals surface area contributed by atoms with Crippen molar-refractivity contribution in [1.29, 1.82) is 0 Å². The summed E-state index contributed by atoms with van der Waals surface area (Å²) in [7, 11) is -3.99. The maximum atomic E-state index is 14.0. The van der Waals surface area contributed by atoms with Crippen LogP contribution in [0.1, 0.15) is 21.5 Å². The Morgan fingerprint density at radius 1 is 0.697 bits per heavy atom. The molecule has 0 unspecified atom stereocenters. The Bertz CT molecular complexity index is 1570. The summed E-state index contributed by atoms with van der Waals surface area (Å²) in [4.78, 5) is 13.9. The maximum absolute atomic E-state index is 14.0. The van der Waals surface area contributed by atoms with Gasteiger partial charge in [-0.05, 0) is 25.1 Å². The largest absolute Gasteiger partial charge is 0.289 e. The van der Waals surface area contributed by atoms with E-state index in [0.29, 0.717) is 33.3 Å². The van der Waals surface area contributed by atoms with Crippen molar-refractivity contribution < 1.29 is 13.2 Å². The molecule has 5 aromatic rings. The van der Waals surface area contributed by atoms with Crippen LogP contribution in [0.5, 0.6) is 0 Å². The van der Waals surface area contributed by atoms with Crippen molar-refractivity contribution >= 4 is 26.7 Å². The number of aryl methyl sites for hydroxylation is 1. The molecule has 0 bridgehead atoms. The van der Waals surface area contributed by atoms with Gasteiger partial charge in [0.15, 0.2) is 5.78 Å². The number of benzene rings is 4. The van der Waals surface area contributed by atoms with Gasteiger partial charge in [0, 0.05) is 16.5 Å². The van der Waals surface area contributed by atoms with Crippen molar-refractivity contribution in [3.63, 3.8) is 0 Å². The zero-order valence-corrected chi connectivity index (χ0v) is 18.8. The van der Waals surface area contributed by atoms with E-state index in [2.05, 4.69) is 0 Å². The number of ketones is 1. The van der Waals surface area contributed by atoms with Crippen molar-refractivity contribution in [1.82, 2.24) is 3.97 Å². The van der Waals surface area contributed by atoms with E-state index in [1.165, 1.54) is 3.97 Å². The Morgan fingerprint density at radius 2 is 1.27 bits per heavy atom. The molecule has 4 nitrogen and oxygen atoms in total. The maximum Gasteiger partial charge on any atom is 0.268 e. The Labute approximate surface area is 192 Å². The summed E-state index contributed by atoms with van der Waals surface area (Å²) in [5.74, 6) is -0.219. The van der Waals surface area contributed by atoms with Crippen LogP contribution in [0.25, 0.3) is 22.2 Å². The van der Waals surface area contributed by atoms with E-state index in [1.54, 1.807) is 66.7 Å². The van der Waals surface area contributed by atoms with E-state index in [4.69, 9.17) is 0 Å². The van der Waals surface area contributed by atoms with E-state index >= 15 is 0 Å². The van der Waals surface area contributed by atoms with E-state index in [9.17, 15) is 13.2 Å². The molecule has 0 spiro atoms. The van der Waals surface area contributed by atoms with E-state index < -0.39 is 10.0 Å². The fourth-order valence-corrected chi connectivity index (χ4v) is 5.64. The molecule has 0 N–H and O–H groups in total. The molecule has 33 heavy (non-hydrogen) atoms. The minimum absolute atomic E-state index is 0.171. The number of rotatable bonds is 5. The Balaban J connectivity index is 1.91. The summed E-state index contributed by atoms with van der Waals surface area (Å²) in [6.07, 6.45) is 0. The fraction of sp³-hybridized carbons (Fsp3) is 0.0357. The van der Waals surface area contributed by atoms with E-state index in [0.717, 1.165) is 5.56 Å². The molecule has 5 heteroatoms. The lowest BCUT2D eigenvalue weighted by atomic mass is 9.97. The number of para-hydroxylation sites is 1. The molecule has 4 aromatic carbocycles. The van der Waals surface area contributed by atoms with Crippen LogP contribution in [-0.2, 0) is 10.0 Å². The van der Waals surface area contributed by atoms with Crippen LogP contribution in [0.3, 0.4) is 0 Å². The van der Waals surface area contributed by atoms with Gasteiger partial charge in [-0.25, -0.2) is 12.4 Å². The van der Waals surface area contributed by atoms with Gasteiger partial charge < -0.3 is 0 Å². The first-order chi connectivity index (χ1) is 16.0. The minimum atomic E-state index is -3.99. The molecule has 5 rings (SSSR count). The second-order valence-electron chi connectivity index (χ2n) is 7.88. The summed E-state index contributed by atoms with van der Waals surface area (Å²) < 4.78 is 29.3. The van der Waals surface area contributed by atoms with E-state index in [-0.39, 0.29) is 10.7 Å². The van der Waals surface area contributed by atoms with Crippen LogP contribution in [0.15, 0.2) is 114 Å². The molecule has 0 aliphatic carbocycles. The summed E-state index contributed by atoms with van der Waals surface area (Å²) in [6, 6.07) is 32.1. The van der Waals surface area contributed by atoms with Crippen LogP contribution in [0.4, 0.5) is 0 Å². The van der Waals surface area contributed by atoms with Gasteiger partial charge in [0.25, 0.3) is 10.0 Å². The van der Waals surface area contributed by atoms with Gasteiger partial charge >= 0.3 is 0 Å². The summed E-state index contributed by atoms with van der Waals surface area (Å²) >= 11 is 0. The van der Waals surface area contributed by atoms with Crippen molar-refractivity contribution in [3.8, 4) is 11.3 Å². The third-order valence-electron chi connectivity index (χ3n) is 5.70. The molecule has 0 atom stereocenters. The van der Waals surface area contributed by atoms with Gasteiger partial charge in [-0.3, -0.25) is 4.79 Å². The van der Waals surface area contributed by atoms with Crippen LogP contribution >= 0.6 is 0 Å². The van der Waals surface area contributed by atoms with Crippen molar-refractivity contribution in [2.24, 2.45) is 0 Å². The van der Waals surface area contributed by atoms with Gasteiger partial charge in [-0.15, -0.1) is 0 Å². The third-order valence-corrected chi connectivity index (χ3v) is 7.43. The first-order valence-electron chi connectivity index (χ1n) is 10.6. The van der Waals surface area contributed by atoms with Crippen LogP contribution in [-0.4, -0.2) is 18.2 Å². The number of aromatic nitrogens is 1. The Kier molecular flexibility index (Phi) is 5.19. The molecular weight excluding hydrogens is 430 g/mol. The molecule has 0 saturated heterocycles. The lowest BCUT2D eigenvalue weighted by Gasteiger charge is -2.14. The molecule has 0 radical (unpaired) electrons. The fourth-order valence-electron chi connectivity index (χ4n) is 4.10. The normalized spacial score (nSPS) is 11.5. The third kappa shape index (κ3) is 3.56. The SMILES string of the molecule is Cc1ccc(S(=O)(=O)n2c(-c3ccccc3)c(C(=O)c3ccccc3)c3ccccc32)cc1. The van der Waals surface area contributed by atoms with Gasteiger partial charge in [-0.1, -0.05) is 96.6 Å². The Hall–Kier alpha value is -3.96. The molecule has 0 fully saturated rings. The number of carbonyl (C=O) groups is 1. The molecule has 1 aromatic heterocycles. The summed E-state index contributed by atoms with van der Waals surface area (Å²) in [5.41, 5.74) is 3.34. The molecule has 1 heterocycles. The zero-order valence-electron chi connectivity index (χ0n) is 18.0. The van der Waals surface area contributed by atoms with Crippen LogP contribution in [0, 0.1) is 6.92 Å². The molecule has 162 valence electrons. The topological polar surface area (TPSA) is 56.1 Å². The standard InChI is InChI=1S/C28H21NO3S/c1-20-16-18-23(19-17-20)33(31,32)29-25-15-9-8-14-24(25)26(27(29)21-10-4-2-5-11-21)28(30)22-12-6-3-7-13-22/h2-19H,1H3.